The number of anilines is 1. The van der Waals surface area contributed by atoms with E-state index in [0.717, 1.165) is 0 Å². The predicted molar refractivity (Wildman–Crippen MR) is 115 cm³/mol. The molecule has 1 unspecified atom stereocenters. The Kier molecular flexibility index (Phi) is 4.19. The van der Waals surface area contributed by atoms with Gasteiger partial charge in [-0.3, -0.25) is 20.2 Å². The molecule has 3 atom stereocenters. The van der Waals surface area contributed by atoms with Crippen molar-refractivity contribution in [2.45, 2.75) is 38.5 Å². The molecule has 1 spiro atoms. The van der Waals surface area contributed by atoms with Gasteiger partial charge in [-0.15, -0.1) is 0 Å². The highest BCUT2D eigenvalue weighted by Crippen LogP contribution is 2.49. The highest BCUT2D eigenvalue weighted by atomic mass is 19.1. The third kappa shape index (κ3) is 2.56. The molecule has 4 amide bonds. The minimum absolute atomic E-state index is 0.0361. The number of urea groups is 1. The monoisotopic (exact) mass is 468 g/mol. The summed E-state index contributed by atoms with van der Waals surface area (Å²) in [4.78, 5) is 44.4. The summed E-state index contributed by atoms with van der Waals surface area (Å²) < 4.78 is 29.1. The van der Waals surface area contributed by atoms with Crippen LogP contribution in [0, 0.1) is 11.2 Å². The fourth-order valence-electron chi connectivity index (χ4n) is 5.70. The molecule has 0 bridgehead atoms. The van der Waals surface area contributed by atoms with Gasteiger partial charge in [-0.25, -0.2) is 14.2 Å². The number of imide groups is 2. The molecule has 0 aliphatic carbocycles. The molecule has 34 heavy (non-hydrogen) atoms. The average Bonchev–Trinajstić information content (AvgIpc) is 3.37. The lowest BCUT2D eigenvalue weighted by Crippen LogP contribution is -2.75. The van der Waals surface area contributed by atoms with Crippen LogP contribution in [0.4, 0.5) is 14.9 Å². The summed E-state index contributed by atoms with van der Waals surface area (Å²) in [5, 5.41) is 8.89. The van der Waals surface area contributed by atoms with E-state index in [1.165, 1.54) is 0 Å². The van der Waals surface area contributed by atoms with E-state index in [2.05, 4.69) is 20.8 Å². The lowest BCUT2D eigenvalue weighted by molar-refractivity contribution is -0.153. The average molecular weight is 468 g/mol. The predicted octanol–water partition coefficient (Wildman–Crippen LogP) is 1.26. The number of amides is 4. The van der Waals surface area contributed by atoms with Crippen LogP contribution in [0.2, 0.25) is 0 Å². The van der Waals surface area contributed by atoms with E-state index in [1.54, 1.807) is 41.9 Å². The number of barbiturate groups is 1. The van der Waals surface area contributed by atoms with Gasteiger partial charge in [0.05, 0.1) is 29.3 Å². The molecule has 3 aromatic rings. The van der Waals surface area contributed by atoms with Crippen LogP contribution in [-0.4, -0.2) is 57.3 Å². The Labute approximate surface area is 192 Å². The highest BCUT2D eigenvalue weighted by Gasteiger charge is 2.63. The number of aryl methyl sites for hydroxylation is 1. The number of aromatic nitrogens is 3. The molecular weight excluding hydrogens is 447 g/mol. The number of fused-ring (bicyclic) bond motifs is 5. The number of nitrogens with zero attached hydrogens (tertiary/aromatic N) is 4. The Morgan fingerprint density at radius 3 is 2.62 bits per heavy atom. The number of hydrogen-bond donors (Lipinski definition) is 2. The molecule has 3 aliphatic heterocycles. The van der Waals surface area contributed by atoms with Crippen molar-refractivity contribution in [3.63, 3.8) is 0 Å². The number of nitrogens with one attached hydrogen (secondary N) is 2. The Hall–Kier alpha value is -3.80. The summed E-state index contributed by atoms with van der Waals surface area (Å²) in [6.45, 7) is 3.81. The number of rotatable bonds is 1. The molecule has 2 N–H and O–H groups in total. The summed E-state index contributed by atoms with van der Waals surface area (Å²) >= 11 is 0. The number of carbonyl (C=O) groups excluding carboxylic acids is 3. The SMILES string of the molecule is C[C@@H]1CN2c3c(cc4c(-c5nccn5C)noc4c3F)CC3(C(=O)NC(=O)NC3=O)C2[C@H](C)O1. The Balaban J connectivity index is 1.61. The zero-order valence-corrected chi connectivity index (χ0v) is 18.6. The zero-order chi connectivity index (χ0) is 23.9. The maximum atomic E-state index is 16.0. The van der Waals surface area contributed by atoms with Crippen molar-refractivity contribution >= 4 is 34.5 Å². The molecule has 5 heterocycles. The number of hydrogen-bond acceptors (Lipinski definition) is 8. The first-order valence-electron chi connectivity index (χ1n) is 10.9. The minimum atomic E-state index is -1.69. The van der Waals surface area contributed by atoms with Crippen LogP contribution in [0.1, 0.15) is 19.4 Å². The number of halogens is 1. The normalized spacial score (nSPS) is 25.8. The van der Waals surface area contributed by atoms with E-state index in [4.69, 9.17) is 9.26 Å². The van der Waals surface area contributed by atoms with Gasteiger partial charge in [0, 0.05) is 32.4 Å². The maximum absolute atomic E-state index is 16.0. The van der Waals surface area contributed by atoms with Crippen LogP contribution in [0.15, 0.2) is 23.0 Å². The van der Waals surface area contributed by atoms with Crippen LogP contribution in [-0.2, 0) is 27.8 Å². The molecule has 2 saturated heterocycles. The molecule has 2 aromatic heterocycles. The third-order valence-corrected chi connectivity index (χ3v) is 7.00. The zero-order valence-electron chi connectivity index (χ0n) is 18.6. The number of carbonyl (C=O) groups is 3. The van der Waals surface area contributed by atoms with E-state index in [1.807, 2.05) is 6.92 Å². The second kappa shape index (κ2) is 6.86. The summed E-state index contributed by atoms with van der Waals surface area (Å²) in [5.41, 5.74) is -0.713. The first-order valence-corrected chi connectivity index (χ1v) is 10.9. The highest BCUT2D eigenvalue weighted by molar-refractivity contribution is 6.20. The van der Waals surface area contributed by atoms with Crippen LogP contribution in [0.3, 0.4) is 0 Å². The Bertz CT molecular complexity index is 1380. The number of imidazole rings is 1. The summed E-state index contributed by atoms with van der Waals surface area (Å²) in [6, 6.07) is -0.0322. The van der Waals surface area contributed by atoms with E-state index in [-0.39, 0.29) is 30.3 Å². The molecule has 2 fully saturated rings. The second-order valence-electron chi connectivity index (χ2n) is 9.10. The van der Waals surface area contributed by atoms with E-state index in [0.29, 0.717) is 22.5 Å². The molecule has 176 valence electrons. The van der Waals surface area contributed by atoms with Crippen molar-refractivity contribution in [3.8, 4) is 11.5 Å². The summed E-state index contributed by atoms with van der Waals surface area (Å²) in [7, 11) is 1.78. The maximum Gasteiger partial charge on any atom is 0.328 e. The lowest BCUT2D eigenvalue weighted by atomic mass is 9.66. The first-order chi connectivity index (χ1) is 16.2. The number of morpholine rings is 1. The van der Waals surface area contributed by atoms with Gasteiger partial charge < -0.3 is 18.7 Å². The number of ether oxygens (including phenoxy) is 1. The fourth-order valence-corrected chi connectivity index (χ4v) is 5.70. The largest absolute Gasteiger partial charge is 0.372 e. The molecule has 0 saturated carbocycles. The first kappa shape index (κ1) is 20.8. The Morgan fingerprint density at radius 2 is 1.94 bits per heavy atom. The second-order valence-corrected chi connectivity index (χ2v) is 9.10. The molecule has 6 rings (SSSR count). The van der Waals surface area contributed by atoms with Crippen molar-refractivity contribution in [2.24, 2.45) is 12.5 Å². The van der Waals surface area contributed by atoms with E-state index < -0.39 is 41.2 Å². The van der Waals surface area contributed by atoms with Crippen LogP contribution < -0.4 is 15.5 Å². The van der Waals surface area contributed by atoms with E-state index in [9.17, 15) is 14.4 Å². The summed E-state index contributed by atoms with van der Waals surface area (Å²) in [5.74, 6) is -1.62. The molecule has 1 aromatic carbocycles. The van der Waals surface area contributed by atoms with Crippen molar-refractivity contribution in [1.29, 1.82) is 0 Å². The molecule has 12 heteroatoms. The fraction of sp³-hybridized carbons (Fsp3) is 0.409. The molecule has 0 radical (unpaired) electrons. The summed E-state index contributed by atoms with van der Waals surface area (Å²) in [6.07, 6.45) is 2.30. The van der Waals surface area contributed by atoms with Gasteiger partial charge >= 0.3 is 6.03 Å². The van der Waals surface area contributed by atoms with Crippen molar-refractivity contribution in [2.75, 3.05) is 11.4 Å². The lowest BCUT2D eigenvalue weighted by Gasteiger charge is -2.55. The van der Waals surface area contributed by atoms with Crippen LogP contribution >= 0.6 is 0 Å². The van der Waals surface area contributed by atoms with Crippen LogP contribution in [0.5, 0.6) is 0 Å². The quantitative estimate of drug-likeness (QED) is 0.511. The third-order valence-electron chi connectivity index (χ3n) is 7.00. The van der Waals surface area contributed by atoms with Gasteiger partial charge in [0.1, 0.15) is 0 Å². The molecule has 11 nitrogen and oxygen atoms in total. The van der Waals surface area contributed by atoms with Gasteiger partial charge in [0.25, 0.3) is 0 Å². The van der Waals surface area contributed by atoms with Crippen molar-refractivity contribution in [1.82, 2.24) is 25.3 Å². The number of benzene rings is 1. The van der Waals surface area contributed by atoms with E-state index >= 15 is 4.39 Å². The standard InChI is InChI=1S/C22H21FN6O5/c1-9-8-29-15-11(6-12-14(18-24-4-5-28(18)3)27-34-16(12)13(15)23)7-22(17(29)10(2)33-9)19(30)25-21(32)26-20(22)31/h4-6,9-10,17H,7-8H2,1-3H3,(H2,25,26,30,31,32)/t9-,10+,17?/m1/s1. The van der Waals surface area contributed by atoms with Gasteiger partial charge in [-0.2, -0.15) is 0 Å². The Morgan fingerprint density at radius 1 is 1.21 bits per heavy atom. The van der Waals surface area contributed by atoms with Crippen LogP contribution in [0.25, 0.3) is 22.5 Å². The molecule has 3 aliphatic rings. The molecular formula is C22H21FN6O5. The van der Waals surface area contributed by atoms with Crippen molar-refractivity contribution in [3.05, 3.63) is 29.8 Å². The van der Waals surface area contributed by atoms with Gasteiger partial charge in [-0.1, -0.05) is 5.16 Å². The smallest absolute Gasteiger partial charge is 0.328 e. The minimum Gasteiger partial charge on any atom is -0.372 e. The van der Waals surface area contributed by atoms with Gasteiger partial charge in [0.15, 0.2) is 22.8 Å². The van der Waals surface area contributed by atoms with Gasteiger partial charge in [-0.05, 0) is 25.5 Å². The topological polar surface area (TPSA) is 132 Å². The van der Waals surface area contributed by atoms with Gasteiger partial charge in [0.2, 0.25) is 17.4 Å². The van der Waals surface area contributed by atoms with Crippen molar-refractivity contribution < 1.29 is 28.0 Å².